The summed E-state index contributed by atoms with van der Waals surface area (Å²) in [4.78, 5) is 20.4. The first-order valence-electron chi connectivity index (χ1n) is 7.55. The number of rotatable bonds is 4. The molecule has 8 heteroatoms. The maximum absolute atomic E-state index is 12.0. The van der Waals surface area contributed by atoms with E-state index in [4.69, 9.17) is 4.42 Å². The number of benzene rings is 1. The molecule has 0 fully saturated rings. The number of amides is 1. The van der Waals surface area contributed by atoms with Crippen molar-refractivity contribution in [2.75, 3.05) is 10.6 Å². The number of aromatic nitrogens is 4. The lowest BCUT2D eigenvalue weighted by atomic mass is 10.2. The van der Waals surface area contributed by atoms with Gasteiger partial charge >= 0.3 is 0 Å². The van der Waals surface area contributed by atoms with Gasteiger partial charge in [0.15, 0.2) is 11.4 Å². The summed E-state index contributed by atoms with van der Waals surface area (Å²) in [6.07, 6.45) is 4.67. The van der Waals surface area contributed by atoms with Gasteiger partial charge in [0, 0.05) is 18.4 Å². The fourth-order valence-corrected chi connectivity index (χ4v) is 2.44. The second-order valence-corrected chi connectivity index (χ2v) is 5.36. The predicted molar refractivity (Wildman–Crippen MR) is 92.7 cm³/mol. The van der Waals surface area contributed by atoms with Crippen LogP contribution < -0.4 is 10.6 Å². The molecule has 0 bridgehead atoms. The number of nitrogens with zero attached hydrogens (tertiary/aromatic N) is 4. The summed E-state index contributed by atoms with van der Waals surface area (Å²) < 4.78 is 6.76. The van der Waals surface area contributed by atoms with Gasteiger partial charge < -0.3 is 15.1 Å². The molecular formula is C17H14N6O2. The number of hydrogen-bond donors (Lipinski definition) is 2. The standard InChI is InChI=1S/C17H14N6O2/c1-23-16-13(9-20-23)15(18-10-19-16)21-11-4-6-12(7-5-11)22-17(24)14-3-2-8-25-14/h2-10H,1H3,(H,22,24)(H,18,19,21). The molecule has 0 aliphatic heterocycles. The monoisotopic (exact) mass is 334 g/mol. The SMILES string of the molecule is Cn1ncc2c(Nc3ccc(NC(=O)c4ccco4)cc3)ncnc21. The number of hydrogen-bond acceptors (Lipinski definition) is 6. The Morgan fingerprint density at radius 1 is 1.12 bits per heavy atom. The van der Waals surface area contributed by atoms with E-state index in [9.17, 15) is 4.79 Å². The molecule has 25 heavy (non-hydrogen) atoms. The fourth-order valence-electron chi connectivity index (χ4n) is 2.44. The molecule has 0 spiro atoms. The minimum atomic E-state index is -0.293. The largest absolute Gasteiger partial charge is 0.459 e. The van der Waals surface area contributed by atoms with Crippen LogP contribution in [0.5, 0.6) is 0 Å². The molecule has 2 N–H and O–H groups in total. The van der Waals surface area contributed by atoms with Gasteiger partial charge in [0.2, 0.25) is 0 Å². The lowest BCUT2D eigenvalue weighted by Gasteiger charge is -2.08. The second-order valence-electron chi connectivity index (χ2n) is 5.36. The maximum atomic E-state index is 12.0. The molecule has 1 aromatic carbocycles. The summed E-state index contributed by atoms with van der Waals surface area (Å²) in [5.74, 6) is 0.645. The lowest BCUT2D eigenvalue weighted by molar-refractivity contribution is 0.0996. The van der Waals surface area contributed by atoms with Crippen molar-refractivity contribution >= 4 is 34.1 Å². The maximum Gasteiger partial charge on any atom is 0.291 e. The van der Waals surface area contributed by atoms with Crippen molar-refractivity contribution in [1.29, 1.82) is 0 Å². The number of anilines is 3. The van der Waals surface area contributed by atoms with Crippen molar-refractivity contribution < 1.29 is 9.21 Å². The summed E-state index contributed by atoms with van der Waals surface area (Å²) in [6.45, 7) is 0. The molecule has 3 aromatic heterocycles. The summed E-state index contributed by atoms with van der Waals surface area (Å²) in [7, 11) is 1.83. The highest BCUT2D eigenvalue weighted by Gasteiger charge is 2.10. The Labute approximate surface area is 142 Å². The lowest BCUT2D eigenvalue weighted by Crippen LogP contribution is -2.10. The average molecular weight is 334 g/mol. The van der Waals surface area contributed by atoms with Crippen LogP contribution in [0.25, 0.3) is 11.0 Å². The summed E-state index contributed by atoms with van der Waals surface area (Å²) in [6, 6.07) is 10.6. The quantitative estimate of drug-likeness (QED) is 0.595. The molecule has 0 aliphatic carbocycles. The normalized spacial score (nSPS) is 10.8. The van der Waals surface area contributed by atoms with Crippen LogP contribution in [-0.4, -0.2) is 25.7 Å². The van der Waals surface area contributed by atoms with Crippen molar-refractivity contribution in [2.45, 2.75) is 0 Å². The van der Waals surface area contributed by atoms with Crippen LogP contribution >= 0.6 is 0 Å². The molecular weight excluding hydrogens is 320 g/mol. The Kier molecular flexibility index (Phi) is 3.62. The highest BCUT2D eigenvalue weighted by Crippen LogP contribution is 2.23. The second kappa shape index (κ2) is 6.08. The van der Waals surface area contributed by atoms with Crippen LogP contribution in [-0.2, 0) is 7.05 Å². The number of furan rings is 1. The number of carbonyl (C=O) groups is 1. The van der Waals surface area contributed by atoms with Crippen molar-refractivity contribution in [3.63, 3.8) is 0 Å². The van der Waals surface area contributed by atoms with Gasteiger partial charge in [-0.1, -0.05) is 0 Å². The van der Waals surface area contributed by atoms with Gasteiger partial charge in [-0.05, 0) is 36.4 Å². The third kappa shape index (κ3) is 2.92. The minimum Gasteiger partial charge on any atom is -0.459 e. The van der Waals surface area contributed by atoms with Crippen LogP contribution in [0.2, 0.25) is 0 Å². The Morgan fingerprint density at radius 2 is 1.92 bits per heavy atom. The fraction of sp³-hybridized carbons (Fsp3) is 0.0588. The van der Waals surface area contributed by atoms with Crippen LogP contribution in [0.4, 0.5) is 17.2 Å². The number of fused-ring (bicyclic) bond motifs is 1. The van der Waals surface area contributed by atoms with E-state index in [-0.39, 0.29) is 11.7 Å². The molecule has 0 unspecified atom stereocenters. The van der Waals surface area contributed by atoms with Gasteiger partial charge in [-0.3, -0.25) is 9.48 Å². The zero-order chi connectivity index (χ0) is 17.2. The van der Waals surface area contributed by atoms with Crippen molar-refractivity contribution in [2.24, 2.45) is 7.05 Å². The van der Waals surface area contributed by atoms with Crippen molar-refractivity contribution in [3.8, 4) is 0 Å². The summed E-state index contributed by atoms with van der Waals surface area (Å²) in [5.41, 5.74) is 2.25. The Balaban J connectivity index is 1.51. The van der Waals surface area contributed by atoms with Crippen molar-refractivity contribution in [3.05, 3.63) is 60.9 Å². The highest BCUT2D eigenvalue weighted by atomic mass is 16.3. The molecule has 0 atom stereocenters. The topological polar surface area (TPSA) is 97.9 Å². The van der Waals surface area contributed by atoms with Gasteiger partial charge in [0.1, 0.15) is 12.1 Å². The molecule has 4 aromatic rings. The van der Waals surface area contributed by atoms with E-state index in [1.54, 1.807) is 35.1 Å². The molecule has 124 valence electrons. The Morgan fingerprint density at radius 3 is 2.68 bits per heavy atom. The Bertz CT molecular complexity index is 1020. The van der Waals surface area contributed by atoms with Crippen LogP contribution in [0, 0.1) is 0 Å². The third-order valence-corrected chi connectivity index (χ3v) is 3.68. The molecule has 0 radical (unpaired) electrons. The van der Waals surface area contributed by atoms with E-state index in [0.29, 0.717) is 11.5 Å². The van der Waals surface area contributed by atoms with Crippen LogP contribution in [0.3, 0.4) is 0 Å². The van der Waals surface area contributed by atoms with E-state index in [2.05, 4.69) is 25.7 Å². The highest BCUT2D eigenvalue weighted by molar-refractivity contribution is 6.02. The zero-order valence-corrected chi connectivity index (χ0v) is 13.3. The average Bonchev–Trinajstić information content (AvgIpc) is 3.28. The molecule has 4 rings (SSSR count). The smallest absolute Gasteiger partial charge is 0.291 e. The zero-order valence-electron chi connectivity index (χ0n) is 13.3. The van der Waals surface area contributed by atoms with Gasteiger partial charge in [-0.2, -0.15) is 5.10 Å². The predicted octanol–water partition coefficient (Wildman–Crippen LogP) is 2.95. The van der Waals surface area contributed by atoms with Crippen molar-refractivity contribution in [1.82, 2.24) is 19.7 Å². The summed E-state index contributed by atoms with van der Waals surface area (Å²) in [5, 5.41) is 11.0. The minimum absolute atomic E-state index is 0.266. The van der Waals surface area contributed by atoms with E-state index in [0.717, 1.165) is 16.7 Å². The molecule has 0 saturated carbocycles. The van der Waals surface area contributed by atoms with Gasteiger partial charge in [-0.15, -0.1) is 0 Å². The van der Waals surface area contributed by atoms with E-state index < -0.39 is 0 Å². The van der Waals surface area contributed by atoms with Crippen LogP contribution in [0.1, 0.15) is 10.6 Å². The summed E-state index contributed by atoms with van der Waals surface area (Å²) >= 11 is 0. The van der Waals surface area contributed by atoms with Crippen LogP contribution in [0.15, 0.2) is 59.6 Å². The van der Waals surface area contributed by atoms with Gasteiger partial charge in [-0.25, -0.2) is 9.97 Å². The van der Waals surface area contributed by atoms with E-state index >= 15 is 0 Å². The van der Waals surface area contributed by atoms with E-state index in [1.807, 2.05) is 19.2 Å². The van der Waals surface area contributed by atoms with E-state index in [1.165, 1.54) is 12.6 Å². The molecule has 0 saturated heterocycles. The molecule has 0 aliphatic rings. The first kappa shape index (κ1) is 14.9. The number of nitrogens with one attached hydrogen (secondary N) is 2. The number of aryl methyl sites for hydroxylation is 1. The third-order valence-electron chi connectivity index (χ3n) is 3.68. The first-order chi connectivity index (χ1) is 12.2. The molecule has 3 heterocycles. The van der Waals surface area contributed by atoms with Gasteiger partial charge in [0.05, 0.1) is 17.8 Å². The molecule has 1 amide bonds. The first-order valence-corrected chi connectivity index (χ1v) is 7.55. The molecule has 8 nitrogen and oxygen atoms in total. The van der Waals surface area contributed by atoms with Gasteiger partial charge in [0.25, 0.3) is 5.91 Å². The number of carbonyl (C=O) groups excluding carboxylic acids is 1. The Hall–Kier alpha value is -3.68.